The molecule has 0 unspecified atom stereocenters. The number of anilines is 1. The van der Waals surface area contributed by atoms with Crippen molar-refractivity contribution >= 4 is 11.6 Å². The highest BCUT2D eigenvalue weighted by Gasteiger charge is 2.08. The van der Waals surface area contributed by atoms with Gasteiger partial charge in [0.2, 0.25) is 5.82 Å². The van der Waals surface area contributed by atoms with Crippen molar-refractivity contribution in [1.82, 2.24) is 20.6 Å². The number of aromatic nitrogens is 4. The lowest BCUT2D eigenvalue weighted by atomic mass is 10.0. The van der Waals surface area contributed by atoms with E-state index in [2.05, 4.69) is 45.0 Å². The number of amides is 1. The Balaban J connectivity index is 1.40. The van der Waals surface area contributed by atoms with E-state index in [1.807, 2.05) is 24.3 Å². The van der Waals surface area contributed by atoms with Gasteiger partial charge in [-0.2, -0.15) is 5.21 Å². The second kappa shape index (κ2) is 11.9. The number of rotatable bonds is 12. The van der Waals surface area contributed by atoms with Gasteiger partial charge in [0.05, 0.1) is 0 Å². The van der Waals surface area contributed by atoms with E-state index in [4.69, 9.17) is 0 Å². The third kappa shape index (κ3) is 6.79. The highest BCUT2D eigenvalue weighted by molar-refractivity contribution is 6.04. The Morgan fingerprint density at radius 1 is 0.867 bits per heavy atom. The first-order valence-corrected chi connectivity index (χ1v) is 11.0. The minimum atomic E-state index is -0.134. The molecule has 3 aromatic rings. The van der Waals surface area contributed by atoms with Crippen LogP contribution in [0.2, 0.25) is 0 Å². The largest absolute Gasteiger partial charge is 0.322 e. The number of carbonyl (C=O) groups excluding carboxylic acids is 1. The van der Waals surface area contributed by atoms with Gasteiger partial charge >= 0.3 is 0 Å². The number of hydrogen-bond acceptors (Lipinski definition) is 4. The molecule has 2 aromatic carbocycles. The van der Waals surface area contributed by atoms with Crippen molar-refractivity contribution in [2.75, 3.05) is 5.32 Å². The molecule has 3 rings (SSSR count). The predicted molar refractivity (Wildman–Crippen MR) is 120 cm³/mol. The van der Waals surface area contributed by atoms with Gasteiger partial charge in [-0.15, -0.1) is 10.2 Å². The van der Waals surface area contributed by atoms with E-state index in [0.29, 0.717) is 11.4 Å². The number of H-pyrrole nitrogens is 1. The number of hydrogen-bond donors (Lipinski definition) is 2. The SMILES string of the molecule is CCCCCCCCCCc1ccc(NC(=O)c2ccc(-c3nn[nH]n3)cc2)cc1. The zero-order valence-electron chi connectivity index (χ0n) is 17.7. The van der Waals surface area contributed by atoms with Crippen LogP contribution in [0.25, 0.3) is 11.4 Å². The molecule has 30 heavy (non-hydrogen) atoms. The Hall–Kier alpha value is -3.02. The van der Waals surface area contributed by atoms with E-state index in [9.17, 15) is 4.79 Å². The van der Waals surface area contributed by atoms with Gasteiger partial charge in [-0.3, -0.25) is 4.79 Å². The Labute approximate surface area is 178 Å². The van der Waals surface area contributed by atoms with Crippen LogP contribution in [0.4, 0.5) is 5.69 Å². The Bertz CT molecular complexity index is 873. The Kier molecular flexibility index (Phi) is 8.57. The van der Waals surface area contributed by atoms with E-state index < -0.39 is 0 Å². The molecule has 0 aliphatic rings. The molecule has 0 saturated carbocycles. The Morgan fingerprint density at radius 3 is 2.17 bits per heavy atom. The molecular formula is C24H31N5O. The van der Waals surface area contributed by atoms with Crippen molar-refractivity contribution in [3.05, 3.63) is 59.7 Å². The fraction of sp³-hybridized carbons (Fsp3) is 0.417. The van der Waals surface area contributed by atoms with Crippen LogP contribution < -0.4 is 5.32 Å². The van der Waals surface area contributed by atoms with Crippen LogP contribution in [0.15, 0.2) is 48.5 Å². The lowest BCUT2D eigenvalue weighted by Crippen LogP contribution is -2.11. The summed E-state index contributed by atoms with van der Waals surface area (Å²) < 4.78 is 0. The third-order valence-electron chi connectivity index (χ3n) is 5.28. The zero-order chi connectivity index (χ0) is 21.0. The molecule has 0 fully saturated rings. The fourth-order valence-electron chi connectivity index (χ4n) is 3.48. The molecule has 0 aliphatic carbocycles. The molecule has 158 valence electrons. The minimum absolute atomic E-state index is 0.134. The van der Waals surface area contributed by atoms with Crippen molar-refractivity contribution in [3.63, 3.8) is 0 Å². The molecule has 0 spiro atoms. The molecule has 6 heteroatoms. The average molecular weight is 406 g/mol. The number of aryl methyl sites for hydroxylation is 1. The number of nitrogens with one attached hydrogen (secondary N) is 2. The number of aromatic amines is 1. The molecule has 6 nitrogen and oxygen atoms in total. The molecule has 2 N–H and O–H groups in total. The maximum Gasteiger partial charge on any atom is 0.255 e. The number of unbranched alkanes of at least 4 members (excludes halogenated alkanes) is 7. The molecule has 0 saturated heterocycles. The lowest BCUT2D eigenvalue weighted by Gasteiger charge is -2.07. The second-order valence-electron chi connectivity index (χ2n) is 7.69. The first-order chi connectivity index (χ1) is 14.8. The molecule has 0 radical (unpaired) electrons. The van der Waals surface area contributed by atoms with Crippen LogP contribution in [-0.2, 0) is 6.42 Å². The van der Waals surface area contributed by atoms with E-state index in [1.54, 1.807) is 12.1 Å². The average Bonchev–Trinajstić information content (AvgIpc) is 3.32. The maximum absolute atomic E-state index is 12.5. The summed E-state index contributed by atoms with van der Waals surface area (Å²) in [5, 5.41) is 16.8. The summed E-state index contributed by atoms with van der Waals surface area (Å²) >= 11 is 0. The summed E-state index contributed by atoms with van der Waals surface area (Å²) in [5.74, 6) is 0.375. The highest BCUT2D eigenvalue weighted by Crippen LogP contribution is 2.17. The van der Waals surface area contributed by atoms with E-state index >= 15 is 0 Å². The highest BCUT2D eigenvalue weighted by atomic mass is 16.1. The maximum atomic E-state index is 12.5. The van der Waals surface area contributed by atoms with E-state index in [-0.39, 0.29) is 5.91 Å². The minimum Gasteiger partial charge on any atom is -0.322 e. The van der Waals surface area contributed by atoms with Crippen LogP contribution in [0.1, 0.15) is 74.2 Å². The molecular weight excluding hydrogens is 374 g/mol. The van der Waals surface area contributed by atoms with Crippen molar-refractivity contribution in [1.29, 1.82) is 0 Å². The Morgan fingerprint density at radius 2 is 1.53 bits per heavy atom. The molecule has 1 aromatic heterocycles. The van der Waals surface area contributed by atoms with Gasteiger partial charge in [0.15, 0.2) is 0 Å². The number of nitrogens with zero attached hydrogens (tertiary/aromatic N) is 3. The van der Waals surface area contributed by atoms with Crippen molar-refractivity contribution in [2.24, 2.45) is 0 Å². The van der Waals surface area contributed by atoms with Gasteiger partial charge in [-0.25, -0.2) is 0 Å². The summed E-state index contributed by atoms with van der Waals surface area (Å²) in [4.78, 5) is 12.5. The number of tetrazole rings is 1. The second-order valence-corrected chi connectivity index (χ2v) is 7.69. The lowest BCUT2D eigenvalue weighted by molar-refractivity contribution is 0.102. The normalized spacial score (nSPS) is 10.8. The van der Waals surface area contributed by atoms with Crippen molar-refractivity contribution < 1.29 is 4.79 Å². The summed E-state index contributed by atoms with van der Waals surface area (Å²) in [7, 11) is 0. The summed E-state index contributed by atoms with van der Waals surface area (Å²) in [6.45, 7) is 2.26. The van der Waals surface area contributed by atoms with Gasteiger partial charge < -0.3 is 5.32 Å². The predicted octanol–water partition coefficient (Wildman–Crippen LogP) is 5.80. The van der Waals surface area contributed by atoms with Crippen LogP contribution in [0.5, 0.6) is 0 Å². The van der Waals surface area contributed by atoms with Crippen LogP contribution >= 0.6 is 0 Å². The van der Waals surface area contributed by atoms with Crippen molar-refractivity contribution in [2.45, 2.75) is 64.7 Å². The van der Waals surface area contributed by atoms with Crippen LogP contribution in [0, 0.1) is 0 Å². The van der Waals surface area contributed by atoms with E-state index in [1.165, 1.54) is 56.9 Å². The van der Waals surface area contributed by atoms with Gasteiger partial charge in [0.25, 0.3) is 5.91 Å². The summed E-state index contributed by atoms with van der Waals surface area (Å²) in [6.07, 6.45) is 11.8. The van der Waals surface area contributed by atoms with Gasteiger partial charge in [0.1, 0.15) is 0 Å². The molecule has 1 heterocycles. The first-order valence-electron chi connectivity index (χ1n) is 11.0. The first kappa shape index (κ1) is 21.7. The number of benzene rings is 2. The molecule has 0 aliphatic heterocycles. The standard InChI is InChI=1S/C24H31N5O/c1-2-3-4-5-6-7-8-9-10-19-11-17-22(18-12-19)25-24(30)21-15-13-20(14-16-21)23-26-28-29-27-23/h11-18H,2-10H2,1H3,(H,25,30)(H,26,27,28,29). The van der Waals surface area contributed by atoms with Gasteiger partial charge in [-0.1, -0.05) is 76.1 Å². The van der Waals surface area contributed by atoms with Gasteiger partial charge in [0, 0.05) is 16.8 Å². The topological polar surface area (TPSA) is 83.6 Å². The van der Waals surface area contributed by atoms with E-state index in [0.717, 1.165) is 17.7 Å². The summed E-state index contributed by atoms with van der Waals surface area (Å²) in [5.41, 5.74) is 3.53. The van der Waals surface area contributed by atoms with Gasteiger partial charge in [-0.05, 0) is 47.9 Å². The molecule has 0 atom stereocenters. The molecule has 0 bridgehead atoms. The smallest absolute Gasteiger partial charge is 0.255 e. The van der Waals surface area contributed by atoms with Crippen LogP contribution in [-0.4, -0.2) is 26.5 Å². The van der Waals surface area contributed by atoms with Crippen molar-refractivity contribution in [3.8, 4) is 11.4 Å². The summed E-state index contributed by atoms with van der Waals surface area (Å²) in [6, 6.07) is 15.3. The number of carbonyl (C=O) groups is 1. The fourth-order valence-corrected chi connectivity index (χ4v) is 3.48. The quantitative estimate of drug-likeness (QED) is 0.373. The zero-order valence-corrected chi connectivity index (χ0v) is 17.7. The van der Waals surface area contributed by atoms with Crippen LogP contribution in [0.3, 0.4) is 0 Å². The third-order valence-corrected chi connectivity index (χ3v) is 5.28. The monoisotopic (exact) mass is 405 g/mol. The molecule has 1 amide bonds.